The van der Waals surface area contributed by atoms with E-state index < -0.39 is 0 Å². The third kappa shape index (κ3) is 4.51. The fraction of sp³-hybridized carbons (Fsp3) is 0.750. The Kier molecular flexibility index (Phi) is 6.79. The standard InChI is InChI=1S/C16H26N2O3S/c1-11-15(22-14(17-11)10-21-2)16(20)18-13(8-9-19)12-6-4-3-5-7-12/h12-13,19H,3-10H2,1-2H3,(H,18,20). The SMILES string of the molecule is COCc1nc(C)c(C(=O)NC(CCO)C2CCCCC2)s1. The van der Waals surface area contributed by atoms with Crippen molar-refractivity contribution in [3.05, 3.63) is 15.6 Å². The number of ether oxygens (including phenoxy) is 1. The summed E-state index contributed by atoms with van der Waals surface area (Å²) in [7, 11) is 1.62. The number of thiazole rings is 1. The summed E-state index contributed by atoms with van der Waals surface area (Å²) in [5.41, 5.74) is 0.751. The molecule has 1 aromatic heterocycles. The van der Waals surface area contributed by atoms with Gasteiger partial charge in [-0.15, -0.1) is 11.3 Å². The van der Waals surface area contributed by atoms with Gasteiger partial charge in [0.05, 0.1) is 12.3 Å². The first-order valence-corrected chi connectivity index (χ1v) is 8.84. The quantitative estimate of drug-likeness (QED) is 0.808. The maximum Gasteiger partial charge on any atom is 0.263 e. The van der Waals surface area contributed by atoms with Crippen LogP contribution in [-0.2, 0) is 11.3 Å². The zero-order valence-corrected chi connectivity index (χ0v) is 14.2. The summed E-state index contributed by atoms with van der Waals surface area (Å²) in [4.78, 5) is 17.6. The summed E-state index contributed by atoms with van der Waals surface area (Å²) in [5.74, 6) is 0.415. The number of hydrogen-bond acceptors (Lipinski definition) is 5. The van der Waals surface area contributed by atoms with Gasteiger partial charge in [0.25, 0.3) is 5.91 Å². The zero-order chi connectivity index (χ0) is 15.9. The third-order valence-corrected chi connectivity index (χ3v) is 5.42. The number of rotatable bonds is 7. The summed E-state index contributed by atoms with van der Waals surface area (Å²) in [5, 5.41) is 13.3. The number of aliphatic hydroxyl groups excluding tert-OH is 1. The van der Waals surface area contributed by atoms with E-state index in [4.69, 9.17) is 4.74 Å². The second kappa shape index (κ2) is 8.60. The lowest BCUT2D eigenvalue weighted by Crippen LogP contribution is -2.41. The van der Waals surface area contributed by atoms with Crippen LogP contribution in [0, 0.1) is 12.8 Å². The Morgan fingerprint density at radius 3 is 2.82 bits per heavy atom. The molecule has 0 saturated heterocycles. The first-order chi connectivity index (χ1) is 10.7. The number of aromatic nitrogens is 1. The second-order valence-electron chi connectivity index (χ2n) is 5.95. The lowest BCUT2D eigenvalue weighted by Gasteiger charge is -2.30. The molecule has 0 radical (unpaired) electrons. The van der Waals surface area contributed by atoms with Crippen LogP contribution >= 0.6 is 11.3 Å². The molecule has 124 valence electrons. The van der Waals surface area contributed by atoms with Crippen LogP contribution in [0.15, 0.2) is 0 Å². The highest BCUT2D eigenvalue weighted by atomic mass is 32.1. The number of aryl methyl sites for hydroxylation is 1. The van der Waals surface area contributed by atoms with Crippen molar-refractivity contribution in [3.63, 3.8) is 0 Å². The Morgan fingerprint density at radius 1 is 1.45 bits per heavy atom. The minimum absolute atomic E-state index is 0.0603. The first kappa shape index (κ1) is 17.4. The van der Waals surface area contributed by atoms with Crippen molar-refractivity contribution in [1.29, 1.82) is 0 Å². The molecular weight excluding hydrogens is 300 g/mol. The van der Waals surface area contributed by atoms with Crippen molar-refractivity contribution in [2.24, 2.45) is 5.92 Å². The molecule has 5 nitrogen and oxygen atoms in total. The van der Waals surface area contributed by atoms with Crippen LogP contribution in [0.4, 0.5) is 0 Å². The number of carbonyl (C=O) groups excluding carboxylic acids is 1. The van der Waals surface area contributed by atoms with Gasteiger partial charge < -0.3 is 15.2 Å². The molecule has 1 fully saturated rings. The first-order valence-electron chi connectivity index (χ1n) is 8.02. The normalized spacial score (nSPS) is 17.4. The molecule has 1 aliphatic rings. The van der Waals surface area contributed by atoms with E-state index in [2.05, 4.69) is 10.3 Å². The molecule has 1 amide bonds. The van der Waals surface area contributed by atoms with Gasteiger partial charge >= 0.3 is 0 Å². The third-order valence-electron chi connectivity index (χ3n) is 4.29. The van der Waals surface area contributed by atoms with Crippen LogP contribution in [0.1, 0.15) is 58.9 Å². The van der Waals surface area contributed by atoms with Crippen molar-refractivity contribution in [2.45, 2.75) is 58.1 Å². The summed E-state index contributed by atoms with van der Waals surface area (Å²) in [6, 6.07) is 0.0603. The van der Waals surface area contributed by atoms with Crippen LogP contribution in [0.5, 0.6) is 0 Å². The van der Waals surface area contributed by atoms with Gasteiger partial charge in [0.15, 0.2) is 0 Å². The summed E-state index contributed by atoms with van der Waals surface area (Å²) >= 11 is 1.39. The van der Waals surface area contributed by atoms with E-state index in [9.17, 15) is 9.90 Å². The molecule has 2 N–H and O–H groups in total. The van der Waals surface area contributed by atoms with E-state index in [1.165, 1.54) is 30.6 Å². The highest BCUT2D eigenvalue weighted by Crippen LogP contribution is 2.28. The summed E-state index contributed by atoms with van der Waals surface area (Å²) in [6.45, 7) is 2.39. The number of nitrogens with one attached hydrogen (secondary N) is 1. The van der Waals surface area contributed by atoms with Crippen LogP contribution in [0.25, 0.3) is 0 Å². The highest BCUT2D eigenvalue weighted by molar-refractivity contribution is 7.13. The van der Waals surface area contributed by atoms with Crippen molar-refractivity contribution >= 4 is 17.2 Å². The molecule has 1 aromatic rings. The Morgan fingerprint density at radius 2 is 2.18 bits per heavy atom. The van der Waals surface area contributed by atoms with Crippen molar-refractivity contribution < 1.29 is 14.6 Å². The predicted octanol–water partition coefficient (Wildman–Crippen LogP) is 2.66. The Balaban J connectivity index is 2.03. The van der Waals surface area contributed by atoms with E-state index in [0.29, 0.717) is 23.8 Å². The van der Waals surface area contributed by atoms with Crippen LogP contribution in [-0.4, -0.2) is 35.8 Å². The zero-order valence-electron chi connectivity index (χ0n) is 13.4. The maximum atomic E-state index is 12.5. The van der Waals surface area contributed by atoms with Crippen molar-refractivity contribution in [3.8, 4) is 0 Å². The van der Waals surface area contributed by atoms with Gasteiger partial charge in [0, 0.05) is 19.8 Å². The van der Waals surface area contributed by atoms with Crippen molar-refractivity contribution in [1.82, 2.24) is 10.3 Å². The fourth-order valence-electron chi connectivity index (χ4n) is 3.18. The number of methoxy groups -OCH3 is 1. The fourth-order valence-corrected chi connectivity index (χ4v) is 4.12. The average molecular weight is 326 g/mol. The van der Waals surface area contributed by atoms with Gasteiger partial charge in [0.2, 0.25) is 0 Å². The molecule has 0 aromatic carbocycles. The van der Waals surface area contributed by atoms with E-state index in [0.717, 1.165) is 23.5 Å². The van der Waals surface area contributed by atoms with Gasteiger partial charge in [-0.1, -0.05) is 19.3 Å². The van der Waals surface area contributed by atoms with Gasteiger partial charge in [-0.05, 0) is 32.1 Å². The smallest absolute Gasteiger partial charge is 0.263 e. The highest BCUT2D eigenvalue weighted by Gasteiger charge is 2.26. The second-order valence-corrected chi connectivity index (χ2v) is 7.03. The van der Waals surface area contributed by atoms with E-state index >= 15 is 0 Å². The minimum Gasteiger partial charge on any atom is -0.396 e. The Hall–Kier alpha value is -0.980. The lowest BCUT2D eigenvalue weighted by molar-refractivity contribution is 0.0903. The molecule has 1 aliphatic carbocycles. The molecule has 1 unspecified atom stereocenters. The molecular formula is C16H26N2O3S. The maximum absolute atomic E-state index is 12.5. The van der Waals surface area contributed by atoms with Crippen LogP contribution in [0.2, 0.25) is 0 Å². The molecule has 1 atom stereocenters. The van der Waals surface area contributed by atoms with E-state index in [1.807, 2.05) is 6.92 Å². The van der Waals surface area contributed by atoms with Gasteiger partial charge in [0.1, 0.15) is 9.88 Å². The number of amides is 1. The molecule has 2 rings (SSSR count). The predicted molar refractivity (Wildman–Crippen MR) is 87.1 cm³/mol. The van der Waals surface area contributed by atoms with Crippen LogP contribution in [0.3, 0.4) is 0 Å². The topological polar surface area (TPSA) is 71.5 Å². The van der Waals surface area contributed by atoms with Gasteiger partial charge in [-0.2, -0.15) is 0 Å². The van der Waals surface area contributed by atoms with Crippen molar-refractivity contribution in [2.75, 3.05) is 13.7 Å². The molecule has 6 heteroatoms. The Labute approximate surface area is 136 Å². The number of nitrogens with zero attached hydrogens (tertiary/aromatic N) is 1. The number of carbonyl (C=O) groups is 1. The van der Waals surface area contributed by atoms with Crippen LogP contribution < -0.4 is 5.32 Å². The van der Waals surface area contributed by atoms with E-state index in [-0.39, 0.29) is 18.6 Å². The number of hydrogen-bond donors (Lipinski definition) is 2. The minimum atomic E-state index is -0.0682. The molecule has 0 spiro atoms. The average Bonchev–Trinajstić information content (AvgIpc) is 2.89. The molecule has 22 heavy (non-hydrogen) atoms. The lowest BCUT2D eigenvalue weighted by atomic mass is 9.82. The molecule has 1 heterocycles. The monoisotopic (exact) mass is 326 g/mol. The summed E-state index contributed by atoms with van der Waals surface area (Å²) < 4.78 is 5.07. The van der Waals surface area contributed by atoms with Gasteiger partial charge in [-0.25, -0.2) is 4.98 Å². The van der Waals surface area contributed by atoms with Gasteiger partial charge in [-0.3, -0.25) is 4.79 Å². The largest absolute Gasteiger partial charge is 0.396 e. The molecule has 1 saturated carbocycles. The molecule has 0 aliphatic heterocycles. The molecule has 0 bridgehead atoms. The summed E-state index contributed by atoms with van der Waals surface area (Å²) in [6.07, 6.45) is 6.63. The van der Waals surface area contributed by atoms with E-state index in [1.54, 1.807) is 7.11 Å². The Bertz CT molecular complexity index is 484. The number of aliphatic hydroxyl groups is 1.